The summed E-state index contributed by atoms with van der Waals surface area (Å²) in [4.78, 5) is 0. The Morgan fingerprint density at radius 2 is 2.14 bits per heavy atom. The molecule has 1 aromatic rings. The number of hydrogen-bond donors (Lipinski definition) is 2. The predicted octanol–water partition coefficient (Wildman–Crippen LogP) is 1.71. The minimum Gasteiger partial charge on any atom is -0.311 e. The number of rotatable bonds is 1. The fourth-order valence-electron chi connectivity index (χ4n) is 1.29. The van der Waals surface area contributed by atoms with E-state index < -0.39 is 0 Å². The molecular formula is C9H9FIN3. The number of nitrogens with one attached hydrogen (secondary N) is 1. The van der Waals surface area contributed by atoms with Crippen molar-refractivity contribution in [3.63, 3.8) is 0 Å². The summed E-state index contributed by atoms with van der Waals surface area (Å²) in [5.74, 6) is -0.267. The number of hydrazine groups is 1. The van der Waals surface area contributed by atoms with Crippen molar-refractivity contribution < 1.29 is 4.39 Å². The highest BCUT2D eigenvalue weighted by atomic mass is 127. The van der Waals surface area contributed by atoms with Crippen molar-refractivity contribution in [3.05, 3.63) is 39.9 Å². The number of para-hydroxylation sites is 1. The largest absolute Gasteiger partial charge is 0.311 e. The molecule has 1 atom stereocenters. The number of nitrogens with two attached hydrogens (primary N) is 1. The number of halogens is 2. The molecule has 0 saturated heterocycles. The van der Waals surface area contributed by atoms with Crippen molar-refractivity contribution in [3.8, 4) is 0 Å². The van der Waals surface area contributed by atoms with E-state index in [-0.39, 0.29) is 12.0 Å². The Balaban J connectivity index is 2.34. The quantitative estimate of drug-likeness (QED) is 0.613. The molecule has 0 spiro atoms. The van der Waals surface area contributed by atoms with Gasteiger partial charge >= 0.3 is 0 Å². The molecule has 1 heterocycles. The van der Waals surface area contributed by atoms with Crippen LogP contribution in [0.1, 0.15) is 0 Å². The summed E-state index contributed by atoms with van der Waals surface area (Å²) in [6, 6.07) is 6.57. The Morgan fingerprint density at radius 3 is 2.71 bits per heavy atom. The Hall–Kier alpha value is -0.660. The lowest BCUT2D eigenvalue weighted by Gasteiger charge is -2.20. The first-order chi connectivity index (χ1) is 6.68. The predicted molar refractivity (Wildman–Crippen MR) is 62.1 cm³/mol. The van der Waals surface area contributed by atoms with Gasteiger partial charge in [-0.05, 0) is 40.8 Å². The fraction of sp³-hybridized carbons (Fsp3) is 0.111. The molecule has 0 aromatic heterocycles. The molecule has 1 aliphatic heterocycles. The first-order valence-electron chi connectivity index (χ1n) is 4.12. The Bertz CT molecular complexity index is 380. The second-order valence-corrected chi connectivity index (χ2v) is 4.04. The van der Waals surface area contributed by atoms with Gasteiger partial charge in [0.05, 0.1) is 15.6 Å². The second-order valence-electron chi connectivity index (χ2n) is 2.93. The van der Waals surface area contributed by atoms with Gasteiger partial charge < -0.3 is 5.73 Å². The lowest BCUT2D eigenvalue weighted by atomic mass is 10.3. The highest BCUT2D eigenvalue weighted by Crippen LogP contribution is 2.27. The molecule has 0 saturated carbocycles. The molecule has 0 radical (unpaired) electrons. The van der Waals surface area contributed by atoms with Crippen LogP contribution in [0.5, 0.6) is 0 Å². The summed E-state index contributed by atoms with van der Waals surface area (Å²) in [5, 5.41) is 1.64. The zero-order valence-corrected chi connectivity index (χ0v) is 9.40. The van der Waals surface area contributed by atoms with E-state index in [1.165, 1.54) is 6.07 Å². The molecule has 5 heteroatoms. The molecule has 1 unspecified atom stereocenters. The number of benzene rings is 1. The van der Waals surface area contributed by atoms with Crippen LogP contribution in [0.3, 0.4) is 0 Å². The van der Waals surface area contributed by atoms with Crippen molar-refractivity contribution in [1.29, 1.82) is 0 Å². The van der Waals surface area contributed by atoms with E-state index in [1.54, 1.807) is 23.2 Å². The molecule has 0 amide bonds. The molecule has 0 bridgehead atoms. The standard InChI is InChI=1S/C9H9FIN3/c10-6-3-1-2-4-7(6)14-8(11)5-9(12)13-14/h1-5,9,13H,12H2. The van der Waals surface area contributed by atoms with Gasteiger partial charge in [0.15, 0.2) is 0 Å². The minimum atomic E-state index is -0.267. The van der Waals surface area contributed by atoms with Crippen LogP contribution < -0.4 is 16.2 Å². The topological polar surface area (TPSA) is 41.3 Å². The highest BCUT2D eigenvalue weighted by molar-refractivity contribution is 14.1. The summed E-state index contributed by atoms with van der Waals surface area (Å²) in [7, 11) is 0. The van der Waals surface area contributed by atoms with Crippen LogP contribution in [0, 0.1) is 5.82 Å². The highest BCUT2D eigenvalue weighted by Gasteiger charge is 2.21. The SMILES string of the molecule is NC1C=C(I)N(c2ccccc2F)N1. The van der Waals surface area contributed by atoms with Gasteiger partial charge in [-0.2, -0.15) is 0 Å². The first kappa shape index (κ1) is 9.88. The van der Waals surface area contributed by atoms with E-state index in [1.807, 2.05) is 6.08 Å². The van der Waals surface area contributed by atoms with Crippen LogP contribution in [0.25, 0.3) is 0 Å². The molecule has 3 N–H and O–H groups in total. The van der Waals surface area contributed by atoms with Gasteiger partial charge in [0.25, 0.3) is 0 Å². The monoisotopic (exact) mass is 305 g/mol. The summed E-state index contributed by atoms with van der Waals surface area (Å²) in [5.41, 5.74) is 9.07. The molecule has 1 aromatic carbocycles. The molecule has 14 heavy (non-hydrogen) atoms. The van der Waals surface area contributed by atoms with Crippen LogP contribution in [0.2, 0.25) is 0 Å². The van der Waals surface area contributed by atoms with E-state index >= 15 is 0 Å². The molecule has 1 aliphatic rings. The molecule has 0 aliphatic carbocycles. The zero-order chi connectivity index (χ0) is 10.1. The van der Waals surface area contributed by atoms with Crippen molar-refractivity contribution in [2.45, 2.75) is 6.17 Å². The fourth-order valence-corrected chi connectivity index (χ4v) is 2.07. The van der Waals surface area contributed by atoms with Gasteiger partial charge in [-0.1, -0.05) is 12.1 Å². The Kier molecular flexibility index (Phi) is 2.71. The van der Waals surface area contributed by atoms with Gasteiger partial charge in [0.2, 0.25) is 0 Å². The van der Waals surface area contributed by atoms with Gasteiger partial charge in [-0.3, -0.25) is 5.01 Å². The molecule has 74 valence electrons. The average molecular weight is 305 g/mol. The zero-order valence-electron chi connectivity index (χ0n) is 7.24. The maximum Gasteiger partial charge on any atom is 0.148 e. The smallest absolute Gasteiger partial charge is 0.148 e. The third-order valence-electron chi connectivity index (χ3n) is 1.90. The summed E-state index contributed by atoms with van der Waals surface area (Å²) < 4.78 is 14.3. The first-order valence-corrected chi connectivity index (χ1v) is 5.20. The van der Waals surface area contributed by atoms with Crippen molar-refractivity contribution in [1.82, 2.24) is 5.43 Å². The lowest BCUT2D eigenvalue weighted by molar-refractivity contribution is 0.602. The second kappa shape index (κ2) is 3.84. The van der Waals surface area contributed by atoms with Crippen LogP contribution in [-0.4, -0.2) is 6.17 Å². The van der Waals surface area contributed by atoms with Gasteiger partial charge in [-0.15, -0.1) is 0 Å². The molecule has 2 rings (SSSR count). The van der Waals surface area contributed by atoms with Crippen molar-refractivity contribution in [2.75, 3.05) is 5.01 Å². The van der Waals surface area contributed by atoms with E-state index in [4.69, 9.17) is 5.73 Å². The van der Waals surface area contributed by atoms with E-state index in [2.05, 4.69) is 28.0 Å². The molecule has 0 fully saturated rings. The van der Waals surface area contributed by atoms with E-state index in [9.17, 15) is 4.39 Å². The normalized spacial score (nSPS) is 21.2. The minimum absolute atomic E-state index is 0.249. The van der Waals surface area contributed by atoms with Crippen LogP contribution in [-0.2, 0) is 0 Å². The number of anilines is 1. The van der Waals surface area contributed by atoms with Crippen LogP contribution in [0.15, 0.2) is 34.0 Å². The number of nitrogens with zero attached hydrogens (tertiary/aromatic N) is 1. The Morgan fingerprint density at radius 1 is 1.43 bits per heavy atom. The maximum atomic E-state index is 13.4. The third-order valence-corrected chi connectivity index (χ3v) is 2.74. The van der Waals surface area contributed by atoms with Gasteiger partial charge in [0, 0.05) is 0 Å². The Labute approximate surface area is 94.9 Å². The molecular weight excluding hydrogens is 296 g/mol. The summed E-state index contributed by atoms with van der Waals surface area (Å²) in [6.07, 6.45) is 1.58. The average Bonchev–Trinajstić information content (AvgIpc) is 2.46. The maximum absolute atomic E-state index is 13.4. The number of hydrogen-bond acceptors (Lipinski definition) is 3. The van der Waals surface area contributed by atoms with Gasteiger partial charge in [-0.25, -0.2) is 9.82 Å². The van der Waals surface area contributed by atoms with Crippen LogP contribution >= 0.6 is 22.6 Å². The summed E-state index contributed by atoms with van der Waals surface area (Å²) in [6.45, 7) is 0. The third kappa shape index (κ3) is 1.75. The van der Waals surface area contributed by atoms with Gasteiger partial charge in [0.1, 0.15) is 5.82 Å². The lowest BCUT2D eigenvalue weighted by Crippen LogP contribution is -2.41. The van der Waals surface area contributed by atoms with E-state index in [0.29, 0.717) is 5.69 Å². The van der Waals surface area contributed by atoms with Crippen molar-refractivity contribution in [2.24, 2.45) is 5.73 Å². The summed E-state index contributed by atoms with van der Waals surface area (Å²) >= 11 is 2.11. The molecule has 3 nitrogen and oxygen atoms in total. The van der Waals surface area contributed by atoms with Crippen molar-refractivity contribution >= 4 is 28.3 Å². The van der Waals surface area contributed by atoms with E-state index in [0.717, 1.165) is 3.70 Å². The van der Waals surface area contributed by atoms with Crippen LogP contribution in [0.4, 0.5) is 10.1 Å².